The van der Waals surface area contributed by atoms with Crippen molar-refractivity contribution in [3.8, 4) is 5.69 Å². The van der Waals surface area contributed by atoms with Gasteiger partial charge in [0.2, 0.25) is 5.91 Å². The summed E-state index contributed by atoms with van der Waals surface area (Å²) in [6, 6.07) is 13.9. The van der Waals surface area contributed by atoms with Crippen LogP contribution in [0.25, 0.3) is 11.3 Å². The van der Waals surface area contributed by atoms with E-state index in [1.165, 1.54) is 23.8 Å². The lowest BCUT2D eigenvalue weighted by Gasteiger charge is -2.25. The molecule has 0 bridgehead atoms. The van der Waals surface area contributed by atoms with Crippen LogP contribution in [0, 0.1) is 5.82 Å². The van der Waals surface area contributed by atoms with Crippen molar-refractivity contribution in [3.63, 3.8) is 0 Å². The van der Waals surface area contributed by atoms with E-state index in [1.54, 1.807) is 0 Å². The Kier molecular flexibility index (Phi) is 5.74. The molecule has 0 unspecified atom stereocenters. The summed E-state index contributed by atoms with van der Waals surface area (Å²) in [4.78, 5) is 14.3. The van der Waals surface area contributed by atoms with Gasteiger partial charge in [-0.05, 0) is 42.3 Å². The van der Waals surface area contributed by atoms with Crippen LogP contribution in [-0.4, -0.2) is 40.2 Å². The van der Waals surface area contributed by atoms with E-state index in [9.17, 15) is 9.18 Å². The average Bonchev–Trinajstić information content (AvgIpc) is 3.22. The van der Waals surface area contributed by atoms with E-state index in [0.717, 1.165) is 24.2 Å². The number of hydrogen-bond donors (Lipinski definition) is 1. The van der Waals surface area contributed by atoms with Crippen LogP contribution >= 0.6 is 11.6 Å². The van der Waals surface area contributed by atoms with E-state index in [2.05, 4.69) is 21.4 Å². The van der Waals surface area contributed by atoms with Gasteiger partial charge in [-0.2, -0.15) is 5.10 Å². The number of nitrogens with one attached hydrogen (secondary N) is 1. The van der Waals surface area contributed by atoms with Crippen molar-refractivity contribution in [2.45, 2.75) is 6.42 Å². The van der Waals surface area contributed by atoms with E-state index in [-0.39, 0.29) is 17.5 Å². The average molecular weight is 411 g/mol. The molecule has 3 aromatic rings. The highest BCUT2D eigenvalue weighted by Gasteiger charge is 2.17. The summed E-state index contributed by atoms with van der Waals surface area (Å²) in [6.45, 7) is 1.70. The summed E-state index contributed by atoms with van der Waals surface area (Å²) in [5.74, 6) is -0.607. The lowest BCUT2D eigenvalue weighted by molar-refractivity contribution is -0.117. The highest BCUT2D eigenvalue weighted by Crippen LogP contribution is 2.24. The Morgan fingerprint density at radius 1 is 1.21 bits per heavy atom. The van der Waals surface area contributed by atoms with Gasteiger partial charge in [0, 0.05) is 24.8 Å². The number of anilines is 1. The Balaban J connectivity index is 1.35. The van der Waals surface area contributed by atoms with Gasteiger partial charge in [-0.25, -0.2) is 9.07 Å². The zero-order valence-electron chi connectivity index (χ0n) is 15.7. The highest BCUT2D eigenvalue weighted by atomic mass is 35.5. The van der Waals surface area contributed by atoms with Crippen LogP contribution in [0.4, 0.5) is 10.1 Å². The number of hydrogen-bond acceptors (Lipinski definition) is 3. The van der Waals surface area contributed by atoms with Crippen LogP contribution in [0.5, 0.6) is 0 Å². The van der Waals surface area contributed by atoms with E-state index >= 15 is 0 Å². The maximum atomic E-state index is 13.1. The number of halogens is 2. The first-order chi connectivity index (χ1) is 14.1. The first-order valence-corrected chi connectivity index (χ1v) is 9.73. The monoisotopic (exact) mass is 410 g/mol. The van der Waals surface area contributed by atoms with Crippen molar-refractivity contribution in [2.75, 3.05) is 25.0 Å². The molecule has 1 amide bonds. The number of para-hydroxylation sites is 1. The zero-order chi connectivity index (χ0) is 20.2. The van der Waals surface area contributed by atoms with Gasteiger partial charge >= 0.3 is 0 Å². The maximum Gasteiger partial charge on any atom is 0.238 e. The molecular weight excluding hydrogens is 391 g/mol. The fourth-order valence-electron chi connectivity index (χ4n) is 3.31. The molecule has 0 spiro atoms. The minimum atomic E-state index is -0.433. The number of benzene rings is 2. The molecule has 0 saturated carbocycles. The second-order valence-electron chi connectivity index (χ2n) is 6.90. The second kappa shape index (κ2) is 8.59. The summed E-state index contributed by atoms with van der Waals surface area (Å²) in [6.07, 6.45) is 6.87. The number of rotatable bonds is 5. The van der Waals surface area contributed by atoms with Gasteiger partial charge in [0.25, 0.3) is 0 Å². The number of carbonyl (C=O) groups is 1. The Hall–Kier alpha value is -2.96. The van der Waals surface area contributed by atoms with Crippen LogP contribution in [0.2, 0.25) is 5.02 Å². The van der Waals surface area contributed by atoms with Gasteiger partial charge in [-0.15, -0.1) is 0 Å². The summed E-state index contributed by atoms with van der Waals surface area (Å²) in [7, 11) is 0. The molecule has 148 valence electrons. The van der Waals surface area contributed by atoms with Crippen molar-refractivity contribution < 1.29 is 9.18 Å². The fourth-order valence-corrected chi connectivity index (χ4v) is 3.53. The standard InChI is InChI=1S/C22H20ClFN4O/c23-20-12-18(24)6-7-21(20)26-22(29)15-27-10-8-16(9-11-27)17-13-25-28(14-17)19-4-2-1-3-5-19/h1-8,12-14H,9-11,15H2,(H,26,29). The fraction of sp³-hybridized carbons (Fsp3) is 0.182. The third kappa shape index (κ3) is 4.72. The molecule has 2 heterocycles. The van der Waals surface area contributed by atoms with Crippen molar-refractivity contribution in [2.24, 2.45) is 0 Å². The van der Waals surface area contributed by atoms with Crippen molar-refractivity contribution >= 4 is 28.8 Å². The van der Waals surface area contributed by atoms with E-state index in [4.69, 9.17) is 11.6 Å². The normalized spacial score (nSPS) is 14.5. The molecule has 0 atom stereocenters. The van der Waals surface area contributed by atoms with Gasteiger partial charge in [0.1, 0.15) is 5.82 Å². The minimum Gasteiger partial charge on any atom is -0.324 e. The van der Waals surface area contributed by atoms with Crippen LogP contribution in [0.1, 0.15) is 12.0 Å². The first-order valence-electron chi connectivity index (χ1n) is 9.35. The SMILES string of the molecule is O=C(CN1CC=C(c2cnn(-c3ccccc3)c2)CC1)Nc1ccc(F)cc1Cl. The Labute approximate surface area is 173 Å². The number of aromatic nitrogens is 2. The third-order valence-corrected chi connectivity index (χ3v) is 5.15. The number of carbonyl (C=O) groups excluding carboxylic acids is 1. The van der Waals surface area contributed by atoms with Crippen LogP contribution in [-0.2, 0) is 4.79 Å². The van der Waals surface area contributed by atoms with Crippen molar-refractivity contribution in [1.29, 1.82) is 0 Å². The van der Waals surface area contributed by atoms with E-state index in [0.29, 0.717) is 12.2 Å². The molecule has 1 aromatic heterocycles. The van der Waals surface area contributed by atoms with Crippen LogP contribution in [0.3, 0.4) is 0 Å². The van der Waals surface area contributed by atoms with Gasteiger partial charge in [-0.1, -0.05) is 35.9 Å². The zero-order valence-corrected chi connectivity index (χ0v) is 16.4. The lowest BCUT2D eigenvalue weighted by Crippen LogP contribution is -2.36. The van der Waals surface area contributed by atoms with Gasteiger partial charge in [0.15, 0.2) is 0 Å². The van der Waals surface area contributed by atoms with Crippen molar-refractivity contribution in [3.05, 3.63) is 83.4 Å². The summed E-state index contributed by atoms with van der Waals surface area (Å²) >= 11 is 5.96. The third-order valence-electron chi connectivity index (χ3n) is 4.84. The highest BCUT2D eigenvalue weighted by molar-refractivity contribution is 6.33. The first kappa shape index (κ1) is 19.4. The molecule has 4 rings (SSSR count). The maximum absolute atomic E-state index is 13.1. The molecule has 29 heavy (non-hydrogen) atoms. The minimum absolute atomic E-state index is 0.174. The smallest absolute Gasteiger partial charge is 0.238 e. The Morgan fingerprint density at radius 3 is 2.76 bits per heavy atom. The van der Waals surface area contributed by atoms with Crippen LogP contribution < -0.4 is 5.32 Å². The van der Waals surface area contributed by atoms with E-state index < -0.39 is 5.82 Å². The molecule has 7 heteroatoms. The van der Waals surface area contributed by atoms with Crippen molar-refractivity contribution in [1.82, 2.24) is 14.7 Å². The predicted octanol–water partition coefficient (Wildman–Crippen LogP) is 4.39. The topological polar surface area (TPSA) is 50.2 Å². The van der Waals surface area contributed by atoms with Gasteiger partial charge in [-0.3, -0.25) is 9.69 Å². The molecular formula is C22H20ClFN4O. The predicted molar refractivity (Wildman–Crippen MR) is 113 cm³/mol. The second-order valence-corrected chi connectivity index (χ2v) is 7.30. The molecule has 0 radical (unpaired) electrons. The van der Waals surface area contributed by atoms with Gasteiger partial charge < -0.3 is 5.32 Å². The molecule has 2 aromatic carbocycles. The number of amides is 1. The Bertz CT molecular complexity index is 1050. The molecule has 0 fully saturated rings. The summed E-state index contributed by atoms with van der Waals surface area (Å²) < 4.78 is 15.0. The molecule has 0 saturated heterocycles. The Morgan fingerprint density at radius 2 is 2.03 bits per heavy atom. The van der Waals surface area contributed by atoms with E-state index in [1.807, 2.05) is 47.4 Å². The molecule has 0 aliphatic carbocycles. The van der Waals surface area contributed by atoms with Crippen LogP contribution in [0.15, 0.2) is 67.0 Å². The molecule has 1 aliphatic heterocycles. The lowest BCUT2D eigenvalue weighted by atomic mass is 10.0. The largest absolute Gasteiger partial charge is 0.324 e. The van der Waals surface area contributed by atoms with Gasteiger partial charge in [0.05, 0.1) is 29.1 Å². The number of nitrogens with zero attached hydrogens (tertiary/aromatic N) is 3. The molecule has 1 aliphatic rings. The summed E-state index contributed by atoms with van der Waals surface area (Å²) in [5, 5.41) is 7.37. The molecule has 1 N–H and O–H groups in total. The molecule has 5 nitrogen and oxygen atoms in total. The quantitative estimate of drug-likeness (QED) is 0.678. The summed E-state index contributed by atoms with van der Waals surface area (Å²) in [5.41, 5.74) is 3.76.